The molecular weight excluding hydrogens is 357 g/mol. The first-order valence-corrected chi connectivity index (χ1v) is 8.31. The number of aromatic amines is 1. The van der Waals surface area contributed by atoms with Crippen LogP contribution < -0.4 is 5.32 Å². The summed E-state index contributed by atoms with van der Waals surface area (Å²) in [5.74, 6) is -0.762. The fourth-order valence-corrected chi connectivity index (χ4v) is 2.89. The van der Waals surface area contributed by atoms with Gasteiger partial charge in [-0.15, -0.1) is 0 Å². The number of nitrogens with one attached hydrogen (secondary N) is 2. The first-order chi connectivity index (χ1) is 12.4. The minimum absolute atomic E-state index is 0.0273. The second-order valence-corrected chi connectivity index (χ2v) is 6.52. The van der Waals surface area contributed by atoms with Crippen LogP contribution in [0.15, 0.2) is 54.6 Å². The number of carbonyl (C=O) groups is 1. The Morgan fingerprint density at radius 2 is 1.96 bits per heavy atom. The molecule has 0 saturated heterocycles. The summed E-state index contributed by atoms with van der Waals surface area (Å²) < 4.78 is 13.0. The number of H-pyrrole nitrogens is 1. The van der Waals surface area contributed by atoms with Crippen molar-refractivity contribution >= 4 is 17.5 Å². The van der Waals surface area contributed by atoms with Crippen LogP contribution in [0.3, 0.4) is 0 Å². The van der Waals surface area contributed by atoms with Gasteiger partial charge in [0.15, 0.2) is 0 Å². The van der Waals surface area contributed by atoms with Gasteiger partial charge in [0.1, 0.15) is 17.1 Å². The lowest BCUT2D eigenvalue weighted by molar-refractivity contribution is 0.0526. The number of hydrogen-bond acceptors (Lipinski definition) is 3. The van der Waals surface area contributed by atoms with E-state index < -0.39 is 11.5 Å². The number of aliphatic hydroxyl groups is 1. The summed E-state index contributed by atoms with van der Waals surface area (Å²) in [7, 11) is 0. The number of amides is 1. The van der Waals surface area contributed by atoms with Crippen molar-refractivity contribution in [2.45, 2.75) is 12.5 Å². The molecular formula is C19H17ClFN3O2. The van der Waals surface area contributed by atoms with Crippen molar-refractivity contribution in [2.75, 3.05) is 6.54 Å². The van der Waals surface area contributed by atoms with Gasteiger partial charge in [-0.05, 0) is 43.3 Å². The van der Waals surface area contributed by atoms with E-state index in [1.54, 1.807) is 49.4 Å². The van der Waals surface area contributed by atoms with E-state index in [9.17, 15) is 14.3 Å². The van der Waals surface area contributed by atoms with Gasteiger partial charge in [0.05, 0.1) is 12.2 Å². The number of rotatable bonds is 5. The van der Waals surface area contributed by atoms with E-state index in [0.717, 1.165) is 0 Å². The molecule has 134 valence electrons. The Morgan fingerprint density at radius 3 is 2.65 bits per heavy atom. The maximum Gasteiger partial charge on any atom is 0.269 e. The van der Waals surface area contributed by atoms with Crippen molar-refractivity contribution in [3.05, 3.63) is 76.7 Å². The fourth-order valence-electron chi connectivity index (χ4n) is 2.55. The van der Waals surface area contributed by atoms with Crippen molar-refractivity contribution in [1.82, 2.24) is 15.5 Å². The zero-order valence-electron chi connectivity index (χ0n) is 14.0. The molecule has 0 aliphatic carbocycles. The lowest BCUT2D eigenvalue weighted by atomic mass is 9.96. The van der Waals surface area contributed by atoms with Gasteiger partial charge in [0.2, 0.25) is 0 Å². The SMILES string of the molecule is CC(O)(CNC(=O)c1cc(-c2ccc(F)cc2)n[nH]1)c1ccccc1Cl. The highest BCUT2D eigenvalue weighted by atomic mass is 35.5. The molecule has 1 aromatic heterocycles. The number of halogens is 2. The molecule has 1 atom stereocenters. The van der Waals surface area contributed by atoms with Crippen LogP contribution in [-0.4, -0.2) is 27.8 Å². The Morgan fingerprint density at radius 1 is 1.27 bits per heavy atom. The predicted molar refractivity (Wildman–Crippen MR) is 97.3 cm³/mol. The standard InChI is InChI=1S/C19H17ClFN3O2/c1-19(26,14-4-2-3-5-15(14)20)11-22-18(25)17-10-16(23-24-17)12-6-8-13(21)9-7-12/h2-10,26H,11H2,1H3,(H,22,25)(H,23,24). The maximum atomic E-state index is 13.0. The highest BCUT2D eigenvalue weighted by Crippen LogP contribution is 2.27. The zero-order valence-corrected chi connectivity index (χ0v) is 14.7. The molecule has 1 unspecified atom stereocenters. The van der Waals surface area contributed by atoms with E-state index in [1.807, 2.05) is 0 Å². The van der Waals surface area contributed by atoms with Crippen LogP contribution >= 0.6 is 11.6 Å². The quantitative estimate of drug-likeness (QED) is 0.640. The third kappa shape index (κ3) is 3.92. The third-order valence-corrected chi connectivity index (χ3v) is 4.34. The van der Waals surface area contributed by atoms with Crippen LogP contribution in [0.2, 0.25) is 5.02 Å². The second-order valence-electron chi connectivity index (χ2n) is 6.11. The van der Waals surface area contributed by atoms with E-state index in [2.05, 4.69) is 15.5 Å². The average molecular weight is 374 g/mol. The molecule has 3 rings (SSSR count). The van der Waals surface area contributed by atoms with Gasteiger partial charge >= 0.3 is 0 Å². The molecule has 1 heterocycles. The molecule has 3 N–H and O–H groups in total. The summed E-state index contributed by atoms with van der Waals surface area (Å²) in [6.07, 6.45) is 0. The second kappa shape index (κ2) is 7.27. The largest absolute Gasteiger partial charge is 0.384 e. The number of aromatic nitrogens is 2. The third-order valence-electron chi connectivity index (χ3n) is 4.01. The van der Waals surface area contributed by atoms with Crippen molar-refractivity contribution in [3.8, 4) is 11.3 Å². The van der Waals surface area contributed by atoms with Crippen LogP contribution in [0.1, 0.15) is 23.0 Å². The van der Waals surface area contributed by atoms with Crippen molar-refractivity contribution in [1.29, 1.82) is 0 Å². The van der Waals surface area contributed by atoms with Crippen LogP contribution in [0.5, 0.6) is 0 Å². The molecule has 0 spiro atoms. The molecule has 26 heavy (non-hydrogen) atoms. The Balaban J connectivity index is 1.69. The molecule has 0 radical (unpaired) electrons. The van der Waals surface area contributed by atoms with Crippen molar-refractivity contribution < 1.29 is 14.3 Å². The number of carbonyl (C=O) groups excluding carboxylic acids is 1. The molecule has 0 aliphatic heterocycles. The molecule has 0 aliphatic rings. The van der Waals surface area contributed by atoms with Gasteiger partial charge in [-0.1, -0.05) is 29.8 Å². The lowest BCUT2D eigenvalue weighted by Crippen LogP contribution is -2.38. The summed E-state index contributed by atoms with van der Waals surface area (Å²) in [5, 5.41) is 20.4. The molecule has 1 amide bonds. The molecule has 3 aromatic rings. The predicted octanol–water partition coefficient (Wildman–Crippen LogP) is 3.51. The maximum absolute atomic E-state index is 13.0. The first-order valence-electron chi connectivity index (χ1n) is 7.94. The molecule has 0 fully saturated rings. The van der Waals surface area contributed by atoms with E-state index in [0.29, 0.717) is 21.8 Å². The fraction of sp³-hybridized carbons (Fsp3) is 0.158. The van der Waals surface area contributed by atoms with Gasteiger partial charge in [0.25, 0.3) is 5.91 Å². The highest BCUT2D eigenvalue weighted by molar-refractivity contribution is 6.31. The number of nitrogens with zero attached hydrogens (tertiary/aromatic N) is 1. The van der Waals surface area contributed by atoms with E-state index in [1.165, 1.54) is 12.1 Å². The van der Waals surface area contributed by atoms with E-state index in [4.69, 9.17) is 11.6 Å². The van der Waals surface area contributed by atoms with Gasteiger partial charge in [-0.25, -0.2) is 4.39 Å². The first kappa shape index (κ1) is 18.1. The minimum atomic E-state index is -1.33. The van der Waals surface area contributed by atoms with Crippen molar-refractivity contribution in [2.24, 2.45) is 0 Å². The van der Waals surface area contributed by atoms with Crippen molar-refractivity contribution in [3.63, 3.8) is 0 Å². The number of hydrogen-bond donors (Lipinski definition) is 3. The summed E-state index contributed by atoms with van der Waals surface area (Å²) in [4.78, 5) is 12.3. The minimum Gasteiger partial charge on any atom is -0.384 e. The zero-order chi connectivity index (χ0) is 18.7. The monoisotopic (exact) mass is 373 g/mol. The Labute approximate surface area is 154 Å². The Kier molecular flexibility index (Phi) is 5.06. The Hall–Kier alpha value is -2.70. The van der Waals surface area contributed by atoms with Gasteiger partial charge < -0.3 is 10.4 Å². The molecule has 2 aromatic carbocycles. The highest BCUT2D eigenvalue weighted by Gasteiger charge is 2.26. The van der Waals surface area contributed by atoms with Crippen LogP contribution in [0, 0.1) is 5.82 Å². The van der Waals surface area contributed by atoms with Crippen LogP contribution in [0.4, 0.5) is 4.39 Å². The van der Waals surface area contributed by atoms with Crippen LogP contribution in [0.25, 0.3) is 11.3 Å². The molecule has 5 nitrogen and oxygen atoms in total. The summed E-state index contributed by atoms with van der Waals surface area (Å²) in [6.45, 7) is 1.55. The normalized spacial score (nSPS) is 13.2. The van der Waals surface area contributed by atoms with E-state index >= 15 is 0 Å². The van der Waals surface area contributed by atoms with Gasteiger partial charge in [0, 0.05) is 16.1 Å². The summed E-state index contributed by atoms with van der Waals surface area (Å²) >= 11 is 6.11. The molecule has 7 heteroatoms. The van der Waals surface area contributed by atoms with Crippen LogP contribution in [-0.2, 0) is 5.60 Å². The topological polar surface area (TPSA) is 78.0 Å². The smallest absolute Gasteiger partial charge is 0.269 e. The molecule has 0 bridgehead atoms. The summed E-state index contributed by atoms with van der Waals surface area (Å²) in [6, 6.07) is 14.3. The average Bonchev–Trinajstić information content (AvgIpc) is 3.11. The summed E-state index contributed by atoms with van der Waals surface area (Å²) in [5.41, 5.74) is 0.643. The van der Waals surface area contributed by atoms with Gasteiger partial charge in [-0.3, -0.25) is 9.89 Å². The number of benzene rings is 2. The lowest BCUT2D eigenvalue weighted by Gasteiger charge is -2.25. The molecule has 0 saturated carbocycles. The van der Waals surface area contributed by atoms with Gasteiger partial charge in [-0.2, -0.15) is 5.10 Å². The van der Waals surface area contributed by atoms with E-state index in [-0.39, 0.29) is 18.1 Å². The Bertz CT molecular complexity index is 923.